The molecule has 4 rings (SSSR count). The summed E-state index contributed by atoms with van der Waals surface area (Å²) in [4.78, 5) is 0. The molecule has 1 heterocycles. The van der Waals surface area contributed by atoms with E-state index in [1.54, 1.807) is 0 Å². The first-order valence-electron chi connectivity index (χ1n) is 7.98. The molecule has 5 heteroatoms. The van der Waals surface area contributed by atoms with Crippen LogP contribution in [0.15, 0.2) is 91.0 Å². The fourth-order valence-electron chi connectivity index (χ4n) is 2.79. The zero-order valence-corrected chi connectivity index (χ0v) is 15.3. The van der Waals surface area contributed by atoms with Crippen molar-refractivity contribution in [2.75, 3.05) is 0 Å². The van der Waals surface area contributed by atoms with Crippen molar-refractivity contribution < 1.29 is 4.57 Å². The third kappa shape index (κ3) is 2.98. The van der Waals surface area contributed by atoms with Gasteiger partial charge < -0.3 is 4.57 Å². The summed E-state index contributed by atoms with van der Waals surface area (Å²) in [5.74, 6) is 0. The Morgan fingerprint density at radius 3 is 1.64 bits per heavy atom. The Balaban J connectivity index is 1.89. The van der Waals surface area contributed by atoms with Crippen LogP contribution in [0.4, 0.5) is 0 Å². The van der Waals surface area contributed by atoms with E-state index < -0.39 is 7.14 Å². The standard InChI is InChI=1S/C20H16N2OP2/c23-25(17-12-6-2-7-13-17,18-14-8-3-9-15-18)20-22-21-19(24-20)16-10-4-1-5-11-16/h1-15,24H. The van der Waals surface area contributed by atoms with Gasteiger partial charge in [-0.25, -0.2) is 0 Å². The fraction of sp³-hybridized carbons (Fsp3) is 0. The van der Waals surface area contributed by atoms with Crippen molar-refractivity contribution >= 4 is 31.1 Å². The van der Waals surface area contributed by atoms with Crippen LogP contribution in [0.25, 0.3) is 11.0 Å². The lowest BCUT2D eigenvalue weighted by Gasteiger charge is -2.16. The highest BCUT2D eigenvalue weighted by Crippen LogP contribution is 2.45. The lowest BCUT2D eigenvalue weighted by molar-refractivity contribution is 0.592. The fourth-order valence-corrected chi connectivity index (χ4v) is 7.38. The molecule has 1 aromatic heterocycles. The average molecular weight is 362 g/mol. The second-order valence-corrected chi connectivity index (χ2v) is 9.94. The SMILES string of the molecule is O=P(c1ccccc1)(c1ccccc1)c1nnc(-c2ccccc2)[pH]1. The van der Waals surface area contributed by atoms with E-state index in [0.29, 0.717) is 5.17 Å². The van der Waals surface area contributed by atoms with E-state index in [1.807, 2.05) is 91.0 Å². The molecule has 0 radical (unpaired) electrons. The van der Waals surface area contributed by atoms with Gasteiger partial charge in [-0.15, -0.1) is 10.2 Å². The number of hydrogen-bond donors (Lipinski definition) is 0. The summed E-state index contributed by atoms with van der Waals surface area (Å²) in [6, 6.07) is 29.2. The summed E-state index contributed by atoms with van der Waals surface area (Å²) < 4.78 is 14.2. The molecule has 0 fully saturated rings. The smallest absolute Gasteiger partial charge is 0.193 e. The lowest BCUT2D eigenvalue weighted by atomic mass is 10.2. The van der Waals surface area contributed by atoms with Gasteiger partial charge >= 0.3 is 0 Å². The normalized spacial score (nSPS) is 11.7. The molecule has 0 bridgehead atoms. The summed E-state index contributed by atoms with van der Waals surface area (Å²) in [5, 5.41) is 11.0. The summed E-state index contributed by atoms with van der Waals surface area (Å²) in [6.07, 6.45) is 0. The van der Waals surface area contributed by atoms with Crippen LogP contribution in [0.3, 0.4) is 0 Å². The molecule has 0 spiro atoms. The van der Waals surface area contributed by atoms with Crippen LogP contribution in [0.1, 0.15) is 0 Å². The summed E-state index contributed by atoms with van der Waals surface area (Å²) in [6.45, 7) is 0. The van der Waals surface area contributed by atoms with Crippen LogP contribution >= 0.6 is 15.3 Å². The monoisotopic (exact) mass is 362 g/mol. The average Bonchev–Trinajstić information content (AvgIpc) is 3.20. The Kier molecular flexibility index (Phi) is 4.36. The number of hydrogen-bond acceptors (Lipinski definition) is 3. The number of aromatic nitrogens is 2. The molecule has 3 aromatic carbocycles. The van der Waals surface area contributed by atoms with Crippen molar-refractivity contribution in [3.8, 4) is 11.0 Å². The molecule has 0 N–H and O–H groups in total. The van der Waals surface area contributed by atoms with Crippen molar-refractivity contribution in [2.45, 2.75) is 0 Å². The molecule has 1 unspecified atom stereocenters. The maximum Gasteiger partial charge on any atom is 0.193 e. The third-order valence-electron chi connectivity index (χ3n) is 4.06. The molecule has 4 aromatic rings. The van der Waals surface area contributed by atoms with Crippen molar-refractivity contribution in [1.29, 1.82) is 0 Å². The van der Waals surface area contributed by atoms with Crippen LogP contribution in [0.2, 0.25) is 0 Å². The van der Waals surface area contributed by atoms with Crippen molar-refractivity contribution in [3.05, 3.63) is 91.0 Å². The van der Waals surface area contributed by atoms with Gasteiger partial charge in [0, 0.05) is 16.2 Å². The van der Waals surface area contributed by atoms with Crippen molar-refractivity contribution in [3.63, 3.8) is 0 Å². The highest BCUT2D eigenvalue weighted by molar-refractivity contribution is 7.90. The highest BCUT2D eigenvalue weighted by Gasteiger charge is 2.32. The molecule has 0 saturated heterocycles. The minimum Gasteiger partial charge on any atom is -0.307 e. The van der Waals surface area contributed by atoms with Gasteiger partial charge in [0.1, 0.15) is 10.6 Å². The van der Waals surface area contributed by atoms with Crippen LogP contribution in [0, 0.1) is 0 Å². The second kappa shape index (κ2) is 6.80. The molecule has 3 nitrogen and oxygen atoms in total. The Bertz CT molecular complexity index is 972. The lowest BCUT2D eigenvalue weighted by Crippen LogP contribution is -2.24. The maximum atomic E-state index is 14.2. The Hall–Kier alpha value is -2.47. The first-order valence-corrected chi connectivity index (χ1v) is 10.7. The topological polar surface area (TPSA) is 42.9 Å². The van der Waals surface area contributed by atoms with E-state index in [9.17, 15) is 4.57 Å². The van der Waals surface area contributed by atoms with E-state index >= 15 is 0 Å². The molecule has 122 valence electrons. The number of nitrogens with zero attached hydrogens (tertiary/aromatic N) is 2. The van der Waals surface area contributed by atoms with Gasteiger partial charge in [0.05, 0.1) is 0 Å². The van der Waals surface area contributed by atoms with Gasteiger partial charge in [-0.3, -0.25) is 0 Å². The molecule has 0 saturated carbocycles. The number of rotatable bonds is 4. The van der Waals surface area contributed by atoms with E-state index in [2.05, 4.69) is 10.2 Å². The largest absolute Gasteiger partial charge is 0.307 e. The minimum absolute atomic E-state index is 0.208. The van der Waals surface area contributed by atoms with Crippen LogP contribution < -0.4 is 15.8 Å². The van der Waals surface area contributed by atoms with E-state index in [1.165, 1.54) is 0 Å². The van der Waals surface area contributed by atoms with Crippen molar-refractivity contribution in [1.82, 2.24) is 10.2 Å². The zero-order valence-electron chi connectivity index (χ0n) is 13.4. The van der Waals surface area contributed by atoms with E-state index in [-0.39, 0.29) is 8.19 Å². The molecular formula is C20H16N2OP2. The van der Waals surface area contributed by atoms with Gasteiger partial charge in [0.15, 0.2) is 7.14 Å². The minimum atomic E-state index is -2.98. The Morgan fingerprint density at radius 2 is 1.12 bits per heavy atom. The first-order chi connectivity index (χ1) is 12.3. The highest BCUT2D eigenvalue weighted by atomic mass is 31.2. The molecule has 0 aliphatic carbocycles. The van der Waals surface area contributed by atoms with Gasteiger partial charge in [-0.05, 0) is 0 Å². The molecule has 25 heavy (non-hydrogen) atoms. The second-order valence-electron chi connectivity index (χ2n) is 5.64. The van der Waals surface area contributed by atoms with E-state index in [4.69, 9.17) is 0 Å². The summed E-state index contributed by atoms with van der Waals surface area (Å²) >= 11 is 0. The van der Waals surface area contributed by atoms with Crippen LogP contribution in [-0.4, -0.2) is 10.2 Å². The summed E-state index contributed by atoms with van der Waals surface area (Å²) in [7, 11) is -2.77. The van der Waals surface area contributed by atoms with Crippen LogP contribution in [0.5, 0.6) is 0 Å². The Morgan fingerprint density at radius 1 is 0.640 bits per heavy atom. The van der Waals surface area contributed by atoms with Gasteiger partial charge in [-0.1, -0.05) is 99.2 Å². The quantitative estimate of drug-likeness (QED) is 0.519. The molecular weight excluding hydrogens is 346 g/mol. The summed E-state index contributed by atoms with van der Waals surface area (Å²) in [5.41, 5.74) is 1.93. The van der Waals surface area contributed by atoms with Gasteiger partial charge in [-0.2, -0.15) is 0 Å². The third-order valence-corrected chi connectivity index (χ3v) is 9.03. The number of benzene rings is 3. The van der Waals surface area contributed by atoms with Gasteiger partial charge in [0.2, 0.25) is 0 Å². The molecule has 0 aliphatic rings. The van der Waals surface area contributed by atoms with Crippen LogP contribution in [-0.2, 0) is 4.57 Å². The molecule has 1 atom stereocenters. The molecule has 0 amide bonds. The van der Waals surface area contributed by atoms with Crippen molar-refractivity contribution in [2.24, 2.45) is 0 Å². The first kappa shape index (κ1) is 16.0. The van der Waals surface area contributed by atoms with E-state index in [0.717, 1.165) is 21.6 Å². The predicted molar refractivity (Wildman–Crippen MR) is 106 cm³/mol. The van der Waals surface area contributed by atoms with Gasteiger partial charge in [0.25, 0.3) is 0 Å². The Labute approximate surface area is 148 Å². The molecule has 0 aliphatic heterocycles. The predicted octanol–water partition coefficient (Wildman–Crippen LogP) is 3.81. The maximum absolute atomic E-state index is 14.2. The zero-order chi connectivity index (χ0) is 17.1.